The maximum absolute atomic E-state index is 13.6. The van der Waals surface area contributed by atoms with Crippen LogP contribution in [0.2, 0.25) is 0 Å². The number of aliphatic hydroxyl groups is 1. The van der Waals surface area contributed by atoms with Crippen molar-refractivity contribution in [1.82, 2.24) is 19.3 Å². The Balaban J connectivity index is 1.52. The van der Waals surface area contributed by atoms with Gasteiger partial charge in [0.1, 0.15) is 0 Å². The second kappa shape index (κ2) is 6.61. The van der Waals surface area contributed by atoms with Crippen LogP contribution in [0.15, 0.2) is 18.2 Å². The van der Waals surface area contributed by atoms with Gasteiger partial charge in [-0.2, -0.15) is 23.1 Å². The van der Waals surface area contributed by atoms with Gasteiger partial charge in [-0.15, -0.1) is 0 Å². The molecule has 8 nitrogen and oxygen atoms in total. The summed E-state index contributed by atoms with van der Waals surface area (Å²) >= 11 is 0. The lowest BCUT2D eigenvalue weighted by Gasteiger charge is -2.31. The molecule has 1 atom stereocenters. The molecule has 1 aromatic carbocycles. The normalized spacial score (nSPS) is 23.3. The Bertz CT molecular complexity index is 1210. The summed E-state index contributed by atoms with van der Waals surface area (Å²) < 4.78 is 49.9. The molecule has 0 spiro atoms. The minimum atomic E-state index is -4.43. The van der Waals surface area contributed by atoms with Gasteiger partial charge in [0.25, 0.3) is 0 Å². The van der Waals surface area contributed by atoms with E-state index in [1.807, 2.05) is 9.80 Å². The van der Waals surface area contributed by atoms with Gasteiger partial charge < -0.3 is 19.6 Å². The summed E-state index contributed by atoms with van der Waals surface area (Å²) in [7, 11) is 0. The minimum Gasteiger partial charge on any atom is -0.388 e. The number of fused-ring (bicyclic) bond motifs is 6. The average Bonchev–Trinajstić information content (AvgIpc) is 3.28. The Kier molecular flexibility index (Phi) is 4.10. The van der Waals surface area contributed by atoms with Crippen molar-refractivity contribution >= 4 is 22.9 Å². The summed E-state index contributed by atoms with van der Waals surface area (Å²) in [6.45, 7) is 5.36. The van der Waals surface area contributed by atoms with Gasteiger partial charge in [0.2, 0.25) is 5.95 Å². The highest BCUT2D eigenvalue weighted by atomic mass is 19.4. The molecule has 3 aromatic rings. The number of aromatic nitrogens is 4. The van der Waals surface area contributed by atoms with Crippen molar-refractivity contribution in [2.24, 2.45) is 0 Å². The van der Waals surface area contributed by atoms with Crippen LogP contribution in [0.25, 0.3) is 16.9 Å². The number of β-amino-alcohol motifs (C(OH)–C–C–N with tert-alkyl or cyclic N) is 1. The molecule has 0 bridgehead atoms. The van der Waals surface area contributed by atoms with Gasteiger partial charge in [0.05, 0.1) is 36.6 Å². The smallest absolute Gasteiger partial charge is 0.388 e. The molecule has 32 heavy (non-hydrogen) atoms. The topological polar surface area (TPSA) is 71.6 Å². The van der Waals surface area contributed by atoms with Crippen molar-refractivity contribution in [2.45, 2.75) is 31.7 Å². The number of anilines is 2. The van der Waals surface area contributed by atoms with Gasteiger partial charge in [0.15, 0.2) is 17.0 Å². The molecule has 3 aliphatic heterocycles. The second-order valence-electron chi connectivity index (χ2n) is 8.96. The van der Waals surface area contributed by atoms with Gasteiger partial charge >= 0.3 is 6.18 Å². The van der Waals surface area contributed by atoms with Gasteiger partial charge in [-0.1, -0.05) is 6.07 Å². The highest BCUT2D eigenvalue weighted by Gasteiger charge is 2.41. The first kappa shape index (κ1) is 19.9. The zero-order chi connectivity index (χ0) is 22.3. The molecule has 0 saturated carbocycles. The van der Waals surface area contributed by atoms with E-state index < -0.39 is 17.3 Å². The number of hydrogen-bond donors (Lipinski definition) is 1. The Hall–Kier alpha value is -2.79. The lowest BCUT2D eigenvalue weighted by atomic mass is 10.1. The molecule has 3 aliphatic rings. The molecule has 0 amide bonds. The molecule has 170 valence electrons. The minimum absolute atomic E-state index is 0.106. The number of hydrogen-bond acceptors (Lipinski definition) is 6. The lowest BCUT2D eigenvalue weighted by Crippen LogP contribution is -2.38. The van der Waals surface area contributed by atoms with E-state index in [1.165, 1.54) is 6.07 Å². The van der Waals surface area contributed by atoms with Crippen LogP contribution in [0, 0.1) is 0 Å². The van der Waals surface area contributed by atoms with Crippen LogP contribution in [0.3, 0.4) is 0 Å². The van der Waals surface area contributed by atoms with Gasteiger partial charge in [-0.05, 0) is 25.5 Å². The molecule has 2 saturated heterocycles. The highest BCUT2D eigenvalue weighted by Crippen LogP contribution is 2.43. The van der Waals surface area contributed by atoms with E-state index in [2.05, 4.69) is 0 Å². The molecule has 0 radical (unpaired) electrons. The van der Waals surface area contributed by atoms with Crippen LogP contribution in [0.5, 0.6) is 0 Å². The van der Waals surface area contributed by atoms with E-state index in [0.29, 0.717) is 74.4 Å². The van der Waals surface area contributed by atoms with Crippen molar-refractivity contribution in [3.8, 4) is 5.69 Å². The van der Waals surface area contributed by atoms with Crippen LogP contribution in [0.1, 0.15) is 24.5 Å². The van der Waals surface area contributed by atoms with E-state index in [9.17, 15) is 18.3 Å². The van der Waals surface area contributed by atoms with Gasteiger partial charge in [-0.3, -0.25) is 4.68 Å². The highest BCUT2D eigenvalue weighted by molar-refractivity contribution is 5.90. The van der Waals surface area contributed by atoms with Crippen LogP contribution >= 0.6 is 0 Å². The Morgan fingerprint density at radius 3 is 2.56 bits per heavy atom. The second-order valence-corrected chi connectivity index (χ2v) is 8.96. The first-order valence-corrected chi connectivity index (χ1v) is 10.7. The number of rotatable bonds is 2. The average molecular weight is 448 g/mol. The largest absolute Gasteiger partial charge is 0.416 e. The van der Waals surface area contributed by atoms with Crippen molar-refractivity contribution in [1.29, 1.82) is 0 Å². The summed E-state index contributed by atoms with van der Waals surface area (Å²) in [5.41, 5.74) is 0.590. The quantitative estimate of drug-likeness (QED) is 0.508. The molecule has 0 aliphatic carbocycles. The zero-order valence-electron chi connectivity index (χ0n) is 17.6. The fraction of sp³-hybridized carbons (Fsp3) is 0.524. The number of alkyl halides is 3. The summed E-state index contributed by atoms with van der Waals surface area (Å²) in [6.07, 6.45) is -3.83. The molecule has 0 unspecified atom stereocenters. The van der Waals surface area contributed by atoms with Crippen molar-refractivity contribution in [2.75, 3.05) is 49.2 Å². The van der Waals surface area contributed by atoms with Crippen LogP contribution < -0.4 is 9.80 Å². The van der Waals surface area contributed by atoms with Crippen molar-refractivity contribution < 1.29 is 23.0 Å². The molecule has 2 aromatic heterocycles. The lowest BCUT2D eigenvalue weighted by molar-refractivity contribution is -0.138. The predicted octanol–water partition coefficient (Wildman–Crippen LogP) is 2.40. The third kappa shape index (κ3) is 2.91. The molecule has 6 rings (SSSR count). The molecule has 11 heteroatoms. The zero-order valence-corrected chi connectivity index (χ0v) is 17.6. The van der Waals surface area contributed by atoms with E-state index in [1.54, 1.807) is 22.4 Å². The third-order valence-corrected chi connectivity index (χ3v) is 6.57. The first-order chi connectivity index (χ1) is 15.2. The molecule has 1 N–H and O–H groups in total. The van der Waals surface area contributed by atoms with E-state index in [4.69, 9.17) is 14.7 Å². The van der Waals surface area contributed by atoms with Gasteiger partial charge in [-0.25, -0.2) is 4.68 Å². The van der Waals surface area contributed by atoms with Crippen LogP contribution in [-0.4, -0.2) is 69.4 Å². The van der Waals surface area contributed by atoms with Crippen LogP contribution in [-0.2, 0) is 17.5 Å². The number of halogens is 3. The molecular formula is C21H23F3N6O2. The molecule has 5 heterocycles. The summed E-state index contributed by atoms with van der Waals surface area (Å²) in [4.78, 5) is 13.6. The number of ether oxygens (including phenoxy) is 1. The maximum Gasteiger partial charge on any atom is 0.416 e. The van der Waals surface area contributed by atoms with Crippen molar-refractivity contribution in [3.63, 3.8) is 0 Å². The van der Waals surface area contributed by atoms with E-state index in [-0.39, 0.29) is 12.1 Å². The first-order valence-electron chi connectivity index (χ1n) is 10.7. The van der Waals surface area contributed by atoms with E-state index in [0.717, 1.165) is 6.07 Å². The predicted molar refractivity (Wildman–Crippen MR) is 111 cm³/mol. The summed E-state index contributed by atoms with van der Waals surface area (Å²) in [5, 5.41) is 10.5. The van der Waals surface area contributed by atoms with Crippen molar-refractivity contribution in [3.05, 3.63) is 29.3 Å². The Labute approximate surface area is 181 Å². The fourth-order valence-corrected chi connectivity index (χ4v) is 4.96. The third-order valence-electron chi connectivity index (χ3n) is 6.57. The number of benzene rings is 1. The van der Waals surface area contributed by atoms with Gasteiger partial charge in [0, 0.05) is 31.7 Å². The number of nitrogens with zero attached hydrogens (tertiary/aromatic N) is 6. The molecular weight excluding hydrogens is 425 g/mol. The maximum atomic E-state index is 13.6. The number of morpholine rings is 1. The standard InChI is InChI=1S/C21H23F3N6O2/c1-20(31)5-6-28(12-20)17-16-18(26-19(25-17)27-7-9-32-10-8-27)29-11-13-14(21(22,23)24)3-2-4-15(13)30(16)29/h2-4,31H,5-12H2,1H3/t20-/m1/s1. The molecule has 2 fully saturated rings. The summed E-state index contributed by atoms with van der Waals surface area (Å²) in [6, 6.07) is 4.26. The van der Waals surface area contributed by atoms with E-state index >= 15 is 0 Å². The Morgan fingerprint density at radius 2 is 1.88 bits per heavy atom. The van der Waals surface area contributed by atoms with Crippen LogP contribution in [0.4, 0.5) is 24.9 Å². The monoisotopic (exact) mass is 448 g/mol. The fourth-order valence-electron chi connectivity index (χ4n) is 4.96. The Morgan fingerprint density at radius 1 is 1.09 bits per heavy atom. The SMILES string of the molecule is C[C@@]1(O)CCN(c2nc(N3CCOCC3)nc3c2n2n3Cc3c-2cccc3C(F)(F)F)C1. The summed E-state index contributed by atoms with van der Waals surface area (Å²) in [5.74, 6) is 1.19.